The summed E-state index contributed by atoms with van der Waals surface area (Å²) in [6.07, 6.45) is 1.58. The second kappa shape index (κ2) is 5.27. The summed E-state index contributed by atoms with van der Waals surface area (Å²) in [5.74, 6) is 0.700. The van der Waals surface area contributed by atoms with Crippen LogP contribution in [0.5, 0.6) is 5.75 Å². The molecule has 0 bridgehead atoms. The minimum absolute atomic E-state index is 0.0454. The molecule has 1 heterocycles. The Morgan fingerprint density at radius 1 is 1.39 bits per heavy atom. The van der Waals surface area contributed by atoms with Gasteiger partial charge in [-0.15, -0.1) is 0 Å². The lowest BCUT2D eigenvalue weighted by Gasteiger charge is -2.28. The topological polar surface area (TPSA) is 70.4 Å². The van der Waals surface area contributed by atoms with Crippen molar-refractivity contribution in [2.75, 3.05) is 23.2 Å². The van der Waals surface area contributed by atoms with Crippen LogP contribution < -0.4 is 9.04 Å². The smallest absolute Gasteiger partial charge is 0.235 e. The number of benzene rings is 1. The number of rotatable bonds is 3. The highest BCUT2D eigenvalue weighted by Crippen LogP contribution is 2.26. The highest BCUT2D eigenvalue weighted by Gasteiger charge is 2.26. The van der Waals surface area contributed by atoms with Crippen molar-refractivity contribution in [1.29, 1.82) is 5.26 Å². The molecule has 18 heavy (non-hydrogen) atoms. The number of ether oxygens (including phenoxy) is 1. The molecule has 2 rings (SSSR count). The summed E-state index contributed by atoms with van der Waals surface area (Å²) < 4.78 is 30.5. The molecule has 0 spiro atoms. The third kappa shape index (κ3) is 2.74. The summed E-state index contributed by atoms with van der Waals surface area (Å²) in [6.45, 7) is 0.459. The lowest BCUT2D eigenvalue weighted by Crippen LogP contribution is -2.37. The van der Waals surface area contributed by atoms with Crippen LogP contribution in [0, 0.1) is 11.3 Å². The minimum Gasteiger partial charge on any atom is -0.479 e. The van der Waals surface area contributed by atoms with E-state index in [1.54, 1.807) is 24.3 Å². The molecule has 0 aromatic heterocycles. The van der Waals surface area contributed by atoms with E-state index in [0.29, 0.717) is 24.4 Å². The zero-order valence-corrected chi connectivity index (χ0v) is 10.7. The third-order valence-corrected chi connectivity index (χ3v) is 4.63. The van der Waals surface area contributed by atoms with Crippen LogP contribution in [0.15, 0.2) is 24.3 Å². The molecule has 0 unspecified atom stereocenters. The van der Waals surface area contributed by atoms with E-state index in [4.69, 9.17) is 10.00 Å². The minimum atomic E-state index is -3.20. The molecular weight excluding hydrogens is 252 g/mol. The Balaban J connectivity index is 2.25. The Morgan fingerprint density at radius 2 is 2.22 bits per heavy atom. The van der Waals surface area contributed by atoms with E-state index in [2.05, 4.69) is 0 Å². The van der Waals surface area contributed by atoms with Crippen LogP contribution >= 0.6 is 0 Å². The fourth-order valence-corrected chi connectivity index (χ4v) is 3.55. The normalized spacial score (nSPS) is 18.1. The molecule has 0 atom stereocenters. The molecule has 5 nitrogen and oxygen atoms in total. The molecule has 6 heteroatoms. The number of hydrogen-bond acceptors (Lipinski definition) is 4. The zero-order valence-electron chi connectivity index (χ0n) is 9.87. The maximum Gasteiger partial charge on any atom is 0.235 e. The summed E-state index contributed by atoms with van der Waals surface area (Å²) in [7, 11) is -3.20. The molecule has 1 fully saturated rings. The number of anilines is 1. The van der Waals surface area contributed by atoms with Crippen LogP contribution in [-0.2, 0) is 10.0 Å². The van der Waals surface area contributed by atoms with E-state index >= 15 is 0 Å². The van der Waals surface area contributed by atoms with E-state index in [-0.39, 0.29) is 12.4 Å². The van der Waals surface area contributed by atoms with Gasteiger partial charge < -0.3 is 4.74 Å². The number of sulfonamides is 1. The first-order valence-corrected chi connectivity index (χ1v) is 7.34. The van der Waals surface area contributed by atoms with Gasteiger partial charge in [0.15, 0.2) is 6.61 Å². The van der Waals surface area contributed by atoms with Crippen molar-refractivity contribution in [1.82, 2.24) is 0 Å². The van der Waals surface area contributed by atoms with Gasteiger partial charge in [0.05, 0.1) is 11.4 Å². The third-order valence-electron chi connectivity index (χ3n) is 2.76. The Labute approximate surface area is 107 Å². The van der Waals surface area contributed by atoms with Gasteiger partial charge in [-0.25, -0.2) is 8.42 Å². The molecule has 1 aromatic carbocycles. The van der Waals surface area contributed by atoms with Gasteiger partial charge in [0.25, 0.3) is 0 Å². The van der Waals surface area contributed by atoms with Crippen molar-refractivity contribution in [2.24, 2.45) is 0 Å². The van der Waals surface area contributed by atoms with Gasteiger partial charge in [-0.3, -0.25) is 4.31 Å². The SMILES string of the molecule is N#CCOc1cccc(N2CCCCS2(=O)=O)c1. The summed E-state index contributed by atoms with van der Waals surface area (Å²) >= 11 is 0. The average molecular weight is 266 g/mol. The Kier molecular flexibility index (Phi) is 3.72. The predicted octanol–water partition coefficient (Wildman–Crippen LogP) is 1.52. The first-order chi connectivity index (χ1) is 8.63. The molecule has 96 valence electrons. The van der Waals surface area contributed by atoms with Crippen molar-refractivity contribution in [2.45, 2.75) is 12.8 Å². The van der Waals surface area contributed by atoms with Crippen molar-refractivity contribution < 1.29 is 13.2 Å². The van der Waals surface area contributed by atoms with Crippen LogP contribution in [0.4, 0.5) is 5.69 Å². The van der Waals surface area contributed by atoms with Gasteiger partial charge in [0, 0.05) is 12.6 Å². The van der Waals surface area contributed by atoms with Crippen molar-refractivity contribution in [3.05, 3.63) is 24.3 Å². The van der Waals surface area contributed by atoms with Gasteiger partial charge in [-0.2, -0.15) is 5.26 Å². The molecule has 0 N–H and O–H groups in total. The predicted molar refractivity (Wildman–Crippen MR) is 67.9 cm³/mol. The zero-order chi connectivity index (χ0) is 13.0. The van der Waals surface area contributed by atoms with E-state index in [0.717, 1.165) is 6.42 Å². The van der Waals surface area contributed by atoms with Gasteiger partial charge in [0.2, 0.25) is 10.0 Å². The van der Waals surface area contributed by atoms with E-state index < -0.39 is 10.0 Å². The lowest BCUT2D eigenvalue weighted by molar-refractivity contribution is 0.368. The second-order valence-electron chi connectivity index (χ2n) is 4.04. The first kappa shape index (κ1) is 12.7. The molecular formula is C12H14N2O3S. The summed E-state index contributed by atoms with van der Waals surface area (Å²) in [6, 6.07) is 8.70. The highest BCUT2D eigenvalue weighted by atomic mass is 32.2. The van der Waals surface area contributed by atoms with Crippen molar-refractivity contribution >= 4 is 15.7 Å². The molecule has 1 aromatic rings. The Morgan fingerprint density at radius 3 is 2.94 bits per heavy atom. The average Bonchev–Trinajstić information content (AvgIpc) is 2.36. The van der Waals surface area contributed by atoms with Gasteiger partial charge in [0.1, 0.15) is 11.8 Å². The van der Waals surface area contributed by atoms with Crippen molar-refractivity contribution in [3.63, 3.8) is 0 Å². The maximum absolute atomic E-state index is 11.9. The summed E-state index contributed by atoms with van der Waals surface area (Å²) in [5.41, 5.74) is 0.602. The Hall–Kier alpha value is -1.74. The number of hydrogen-bond donors (Lipinski definition) is 0. The van der Waals surface area contributed by atoms with E-state index in [9.17, 15) is 8.42 Å². The van der Waals surface area contributed by atoms with Gasteiger partial charge >= 0.3 is 0 Å². The van der Waals surface area contributed by atoms with Crippen LogP contribution in [0.2, 0.25) is 0 Å². The van der Waals surface area contributed by atoms with Gasteiger partial charge in [-0.1, -0.05) is 6.07 Å². The van der Waals surface area contributed by atoms with Crippen LogP contribution in [0.3, 0.4) is 0 Å². The Bertz CT molecular complexity index is 563. The monoisotopic (exact) mass is 266 g/mol. The summed E-state index contributed by atoms with van der Waals surface area (Å²) in [5, 5.41) is 8.45. The summed E-state index contributed by atoms with van der Waals surface area (Å²) in [4.78, 5) is 0. The standard InChI is InChI=1S/C12H14N2O3S/c13-6-8-17-12-5-3-4-11(10-12)14-7-1-2-9-18(14,15)16/h3-5,10H,1-2,7-9H2. The first-order valence-electron chi connectivity index (χ1n) is 5.74. The van der Waals surface area contributed by atoms with Gasteiger partial charge in [-0.05, 0) is 25.0 Å². The van der Waals surface area contributed by atoms with E-state index in [1.807, 2.05) is 6.07 Å². The van der Waals surface area contributed by atoms with E-state index in [1.165, 1.54) is 4.31 Å². The highest BCUT2D eigenvalue weighted by molar-refractivity contribution is 7.92. The molecule has 0 aliphatic carbocycles. The molecule has 1 aliphatic rings. The molecule has 0 saturated carbocycles. The quantitative estimate of drug-likeness (QED) is 0.831. The second-order valence-corrected chi connectivity index (χ2v) is 6.05. The fraction of sp³-hybridized carbons (Fsp3) is 0.417. The number of nitrogens with zero attached hydrogens (tertiary/aromatic N) is 2. The maximum atomic E-state index is 11.9. The fourth-order valence-electron chi connectivity index (χ4n) is 1.92. The van der Waals surface area contributed by atoms with Crippen LogP contribution in [0.1, 0.15) is 12.8 Å². The van der Waals surface area contributed by atoms with Crippen LogP contribution in [-0.4, -0.2) is 27.3 Å². The van der Waals surface area contributed by atoms with Crippen molar-refractivity contribution in [3.8, 4) is 11.8 Å². The molecule has 1 saturated heterocycles. The number of nitriles is 1. The molecule has 1 aliphatic heterocycles. The molecule has 0 amide bonds. The lowest BCUT2D eigenvalue weighted by atomic mass is 10.2. The van der Waals surface area contributed by atoms with Crippen LogP contribution in [0.25, 0.3) is 0 Å². The largest absolute Gasteiger partial charge is 0.479 e. The molecule has 0 radical (unpaired) electrons.